The Morgan fingerprint density at radius 1 is 1.08 bits per heavy atom. The second-order valence-corrected chi connectivity index (χ2v) is 6.38. The molecule has 1 heterocycles. The van der Waals surface area contributed by atoms with E-state index in [2.05, 4.69) is 10.2 Å². The molecular weight excluding hydrogens is 347 g/mol. The number of aromatic nitrogens is 2. The Morgan fingerprint density at radius 2 is 1.92 bits per heavy atom. The Balaban J connectivity index is 1.73. The number of benzene rings is 2. The molecule has 0 spiro atoms. The number of ether oxygens (including phenoxy) is 1. The van der Waals surface area contributed by atoms with Crippen LogP contribution in [0.25, 0.3) is 11.3 Å². The van der Waals surface area contributed by atoms with Gasteiger partial charge >= 0.3 is 0 Å². The molecule has 3 nitrogen and oxygen atoms in total. The zero-order chi connectivity index (χ0) is 16.9. The van der Waals surface area contributed by atoms with Gasteiger partial charge in [0.2, 0.25) is 0 Å². The molecule has 3 rings (SSSR count). The van der Waals surface area contributed by atoms with Crippen molar-refractivity contribution >= 4 is 23.4 Å². The maximum absolute atomic E-state index is 13.8. The predicted octanol–water partition coefficient (Wildman–Crippen LogP) is 5.24. The van der Waals surface area contributed by atoms with E-state index in [4.69, 9.17) is 16.3 Å². The molecule has 1 aromatic heterocycles. The zero-order valence-electron chi connectivity index (χ0n) is 12.9. The molecule has 3 aromatic rings. The summed E-state index contributed by atoms with van der Waals surface area (Å²) in [7, 11) is 1.62. The van der Waals surface area contributed by atoms with Crippen molar-refractivity contribution in [3.8, 4) is 17.0 Å². The summed E-state index contributed by atoms with van der Waals surface area (Å²) in [6.07, 6.45) is 0. The fraction of sp³-hybridized carbons (Fsp3) is 0.111. The fourth-order valence-electron chi connectivity index (χ4n) is 2.15. The fourth-order valence-corrected chi connectivity index (χ4v) is 3.31. The highest BCUT2D eigenvalue weighted by Gasteiger charge is 2.09. The molecule has 0 aliphatic rings. The van der Waals surface area contributed by atoms with Crippen molar-refractivity contribution in [1.29, 1.82) is 0 Å². The average molecular weight is 361 g/mol. The minimum atomic E-state index is -0.309. The summed E-state index contributed by atoms with van der Waals surface area (Å²) in [5.41, 5.74) is 2.15. The molecule has 0 atom stereocenters. The van der Waals surface area contributed by atoms with Crippen LogP contribution in [-0.2, 0) is 5.75 Å². The van der Waals surface area contributed by atoms with Crippen molar-refractivity contribution in [3.63, 3.8) is 0 Å². The van der Waals surface area contributed by atoms with Gasteiger partial charge in [-0.25, -0.2) is 4.39 Å². The summed E-state index contributed by atoms with van der Waals surface area (Å²) < 4.78 is 19.0. The van der Waals surface area contributed by atoms with Crippen LogP contribution >= 0.6 is 23.4 Å². The summed E-state index contributed by atoms with van der Waals surface area (Å²) in [5.74, 6) is 0.858. The van der Waals surface area contributed by atoms with Gasteiger partial charge in [-0.3, -0.25) is 0 Å². The van der Waals surface area contributed by atoms with Crippen LogP contribution in [0, 0.1) is 5.82 Å². The van der Waals surface area contributed by atoms with Gasteiger partial charge in [0.15, 0.2) is 0 Å². The SMILES string of the molecule is COc1cccc(-c2ccc(SCc3c(F)cccc3Cl)nn2)c1. The highest BCUT2D eigenvalue weighted by molar-refractivity contribution is 7.98. The highest BCUT2D eigenvalue weighted by Crippen LogP contribution is 2.28. The third-order valence-corrected chi connectivity index (χ3v) is 4.73. The van der Waals surface area contributed by atoms with Gasteiger partial charge in [-0.15, -0.1) is 10.2 Å². The van der Waals surface area contributed by atoms with Crippen molar-refractivity contribution in [2.24, 2.45) is 0 Å². The van der Waals surface area contributed by atoms with Crippen molar-refractivity contribution in [1.82, 2.24) is 10.2 Å². The lowest BCUT2D eigenvalue weighted by molar-refractivity contribution is 0.415. The van der Waals surface area contributed by atoms with E-state index >= 15 is 0 Å². The minimum absolute atomic E-state index is 0.309. The average Bonchev–Trinajstić information content (AvgIpc) is 2.62. The van der Waals surface area contributed by atoms with Crippen molar-refractivity contribution in [3.05, 3.63) is 71.0 Å². The molecule has 0 saturated carbocycles. The molecule has 0 aliphatic carbocycles. The van der Waals surface area contributed by atoms with Crippen molar-refractivity contribution in [2.45, 2.75) is 10.8 Å². The Morgan fingerprint density at radius 3 is 2.62 bits per heavy atom. The van der Waals surface area contributed by atoms with E-state index in [0.29, 0.717) is 21.4 Å². The second-order valence-electron chi connectivity index (χ2n) is 4.98. The summed E-state index contributed by atoms with van der Waals surface area (Å²) in [5, 5.41) is 9.55. The monoisotopic (exact) mass is 360 g/mol. The summed E-state index contributed by atoms with van der Waals surface area (Å²) >= 11 is 7.42. The summed E-state index contributed by atoms with van der Waals surface area (Å²) in [4.78, 5) is 0. The maximum atomic E-state index is 13.8. The van der Waals surface area contributed by atoms with Gasteiger partial charge in [0.1, 0.15) is 16.6 Å². The number of hydrogen-bond acceptors (Lipinski definition) is 4. The number of hydrogen-bond donors (Lipinski definition) is 0. The first-order valence-electron chi connectivity index (χ1n) is 7.21. The lowest BCUT2D eigenvalue weighted by Crippen LogP contribution is -1.92. The summed E-state index contributed by atoms with van der Waals surface area (Å²) in [6.45, 7) is 0. The number of methoxy groups -OCH3 is 1. The first kappa shape index (κ1) is 16.7. The van der Waals surface area contributed by atoms with Gasteiger partial charge in [-0.1, -0.05) is 41.6 Å². The molecule has 0 radical (unpaired) electrons. The Kier molecular flexibility index (Phi) is 5.33. The quantitative estimate of drug-likeness (QED) is 0.583. The third-order valence-electron chi connectivity index (χ3n) is 3.43. The zero-order valence-corrected chi connectivity index (χ0v) is 14.4. The van der Waals surface area contributed by atoms with E-state index in [9.17, 15) is 4.39 Å². The number of nitrogens with zero attached hydrogens (tertiary/aromatic N) is 2. The first-order chi connectivity index (χ1) is 11.7. The number of halogens is 2. The molecular formula is C18H14ClFN2OS. The third kappa shape index (κ3) is 3.86. The molecule has 24 heavy (non-hydrogen) atoms. The number of rotatable bonds is 5. The highest BCUT2D eigenvalue weighted by atomic mass is 35.5. The van der Waals surface area contributed by atoms with E-state index in [1.807, 2.05) is 36.4 Å². The maximum Gasteiger partial charge on any atom is 0.128 e. The van der Waals surface area contributed by atoms with Crippen LogP contribution in [0.5, 0.6) is 5.75 Å². The van der Waals surface area contributed by atoms with Crippen molar-refractivity contribution < 1.29 is 9.13 Å². The number of thioether (sulfide) groups is 1. The molecule has 0 N–H and O–H groups in total. The van der Waals surface area contributed by atoms with Gasteiger partial charge in [-0.05, 0) is 36.4 Å². The van der Waals surface area contributed by atoms with Gasteiger partial charge < -0.3 is 4.74 Å². The van der Waals surface area contributed by atoms with E-state index in [1.54, 1.807) is 19.2 Å². The van der Waals surface area contributed by atoms with Crippen molar-refractivity contribution in [2.75, 3.05) is 7.11 Å². The van der Waals surface area contributed by atoms with E-state index in [0.717, 1.165) is 17.0 Å². The van der Waals surface area contributed by atoms with Crippen LogP contribution in [0.1, 0.15) is 5.56 Å². The Hall–Kier alpha value is -2.11. The normalized spacial score (nSPS) is 10.6. The van der Waals surface area contributed by atoms with Crippen LogP contribution < -0.4 is 4.74 Å². The Labute approximate surface area is 148 Å². The molecule has 0 saturated heterocycles. The van der Waals surface area contributed by atoms with Crippen LogP contribution in [0.3, 0.4) is 0 Å². The van der Waals surface area contributed by atoms with Gasteiger partial charge in [0.25, 0.3) is 0 Å². The van der Waals surface area contributed by atoms with E-state index in [-0.39, 0.29) is 5.82 Å². The largest absolute Gasteiger partial charge is 0.497 e. The van der Waals surface area contributed by atoms with Crippen LogP contribution in [0.2, 0.25) is 5.02 Å². The lowest BCUT2D eigenvalue weighted by Gasteiger charge is -2.06. The van der Waals surface area contributed by atoms with E-state index < -0.39 is 0 Å². The molecule has 122 valence electrons. The second kappa shape index (κ2) is 7.64. The van der Waals surface area contributed by atoms with Gasteiger partial charge in [-0.2, -0.15) is 0 Å². The topological polar surface area (TPSA) is 35.0 Å². The molecule has 0 bridgehead atoms. The van der Waals surface area contributed by atoms with Gasteiger partial charge in [0, 0.05) is 21.9 Å². The molecule has 0 unspecified atom stereocenters. The standard InChI is InChI=1S/C18H14ClFN2OS/c1-23-13-5-2-4-12(10-13)17-8-9-18(22-21-17)24-11-14-15(19)6-3-7-16(14)20/h2-10H,11H2,1H3. The first-order valence-corrected chi connectivity index (χ1v) is 8.57. The van der Waals surface area contributed by atoms with Crippen LogP contribution in [0.15, 0.2) is 59.6 Å². The van der Waals surface area contributed by atoms with Crippen LogP contribution in [0.4, 0.5) is 4.39 Å². The van der Waals surface area contributed by atoms with Gasteiger partial charge in [0.05, 0.1) is 12.8 Å². The predicted molar refractivity (Wildman–Crippen MR) is 95.0 cm³/mol. The Bertz CT molecular complexity index is 822. The molecule has 2 aromatic carbocycles. The molecule has 0 aliphatic heterocycles. The molecule has 6 heteroatoms. The lowest BCUT2D eigenvalue weighted by atomic mass is 10.1. The minimum Gasteiger partial charge on any atom is -0.497 e. The van der Waals surface area contributed by atoms with Crippen LogP contribution in [-0.4, -0.2) is 17.3 Å². The molecule has 0 amide bonds. The smallest absolute Gasteiger partial charge is 0.128 e. The van der Waals surface area contributed by atoms with E-state index in [1.165, 1.54) is 17.8 Å². The summed E-state index contributed by atoms with van der Waals surface area (Å²) in [6, 6.07) is 16.0. The molecule has 0 fully saturated rings.